The van der Waals surface area contributed by atoms with Crippen LogP contribution >= 0.6 is 0 Å². The molecule has 7 heteroatoms. The van der Waals surface area contributed by atoms with Crippen LogP contribution in [-0.2, 0) is 6.18 Å². The fraction of sp³-hybridized carbons (Fsp3) is 0.440. The Morgan fingerprint density at radius 3 is 2.53 bits per heavy atom. The van der Waals surface area contributed by atoms with Gasteiger partial charge in [0, 0.05) is 29.7 Å². The molecule has 1 aromatic carbocycles. The Morgan fingerprint density at radius 2 is 1.94 bits per heavy atom. The van der Waals surface area contributed by atoms with Gasteiger partial charge in [0.05, 0.1) is 23.3 Å². The van der Waals surface area contributed by atoms with Crippen LogP contribution in [0, 0.1) is 16.7 Å². The van der Waals surface area contributed by atoms with Crippen LogP contribution in [0.4, 0.5) is 13.2 Å². The van der Waals surface area contributed by atoms with Crippen LogP contribution in [0.2, 0.25) is 0 Å². The molecule has 0 amide bonds. The van der Waals surface area contributed by atoms with Crippen LogP contribution < -0.4 is 10.1 Å². The number of allylic oxidation sites excluding steroid dienone is 1. The Labute approximate surface area is 185 Å². The number of nitriles is 1. The topological polar surface area (TPSA) is 57.9 Å². The lowest BCUT2D eigenvalue weighted by Gasteiger charge is -2.57. The molecule has 0 atom stereocenters. The van der Waals surface area contributed by atoms with Crippen LogP contribution in [0.5, 0.6) is 5.75 Å². The highest BCUT2D eigenvalue weighted by atomic mass is 19.4. The van der Waals surface area contributed by atoms with Crippen LogP contribution in [0.3, 0.4) is 0 Å². The van der Waals surface area contributed by atoms with Gasteiger partial charge in [0.15, 0.2) is 0 Å². The first-order chi connectivity index (χ1) is 15.4. The summed E-state index contributed by atoms with van der Waals surface area (Å²) in [5.74, 6) is 0.179. The summed E-state index contributed by atoms with van der Waals surface area (Å²) in [5.41, 5.74) is 2.74. The van der Waals surface area contributed by atoms with E-state index in [-0.39, 0.29) is 22.8 Å². The first kappa shape index (κ1) is 20.9. The number of rotatable bonds is 5. The molecule has 166 valence electrons. The fourth-order valence-electron chi connectivity index (χ4n) is 5.24. The molecule has 32 heavy (non-hydrogen) atoms. The Morgan fingerprint density at radius 1 is 1.16 bits per heavy atom. The summed E-state index contributed by atoms with van der Waals surface area (Å²) >= 11 is 0. The van der Waals surface area contributed by atoms with E-state index in [0.29, 0.717) is 6.04 Å². The fourth-order valence-corrected chi connectivity index (χ4v) is 5.24. The van der Waals surface area contributed by atoms with Crippen molar-refractivity contribution < 1.29 is 17.9 Å². The normalized spacial score (nSPS) is 26.4. The van der Waals surface area contributed by atoms with E-state index in [1.54, 1.807) is 12.3 Å². The van der Waals surface area contributed by atoms with Gasteiger partial charge in [-0.1, -0.05) is 0 Å². The van der Waals surface area contributed by atoms with E-state index in [2.05, 4.69) is 16.4 Å². The van der Waals surface area contributed by atoms with E-state index in [0.717, 1.165) is 50.2 Å². The lowest BCUT2D eigenvalue weighted by molar-refractivity contribution is -0.138. The number of hydrogen-bond acceptors (Lipinski definition) is 4. The number of aromatic nitrogens is 1. The molecule has 3 aliphatic rings. The third-order valence-corrected chi connectivity index (χ3v) is 7.01. The van der Waals surface area contributed by atoms with Crippen molar-refractivity contribution in [2.45, 2.75) is 63.3 Å². The first-order valence-electron chi connectivity index (χ1n) is 11.0. The molecule has 3 fully saturated rings. The number of ether oxygens (including phenoxy) is 1. The largest absolute Gasteiger partial charge is 0.490 e. The zero-order chi connectivity index (χ0) is 22.3. The van der Waals surface area contributed by atoms with Gasteiger partial charge in [0.1, 0.15) is 5.75 Å². The van der Waals surface area contributed by atoms with E-state index < -0.39 is 11.7 Å². The molecule has 3 saturated carbocycles. The second kappa shape index (κ2) is 7.84. The van der Waals surface area contributed by atoms with Crippen LogP contribution in [-0.4, -0.2) is 17.1 Å². The Kier molecular flexibility index (Phi) is 5.11. The van der Waals surface area contributed by atoms with Crippen molar-refractivity contribution in [3.05, 3.63) is 65.0 Å². The maximum atomic E-state index is 13.2. The van der Waals surface area contributed by atoms with Gasteiger partial charge in [-0.25, -0.2) is 0 Å². The molecule has 0 saturated heterocycles. The Balaban J connectivity index is 1.17. The number of pyridine rings is 1. The van der Waals surface area contributed by atoms with Crippen molar-refractivity contribution in [1.82, 2.24) is 10.3 Å². The summed E-state index contributed by atoms with van der Waals surface area (Å²) in [6.07, 6.45) is 6.34. The third-order valence-electron chi connectivity index (χ3n) is 7.01. The lowest BCUT2D eigenvalue weighted by atomic mass is 9.52. The van der Waals surface area contributed by atoms with Crippen molar-refractivity contribution in [2.75, 3.05) is 0 Å². The average Bonchev–Trinajstić information content (AvgIpc) is 2.68. The summed E-state index contributed by atoms with van der Waals surface area (Å²) < 4.78 is 45.3. The highest BCUT2D eigenvalue weighted by molar-refractivity contribution is 5.68. The van der Waals surface area contributed by atoms with Gasteiger partial charge in [-0.15, -0.1) is 0 Å². The van der Waals surface area contributed by atoms with Gasteiger partial charge in [-0.05, 0) is 86.3 Å². The maximum absolute atomic E-state index is 13.2. The van der Waals surface area contributed by atoms with Crippen LogP contribution in [0.1, 0.15) is 61.6 Å². The number of hydrogen-bond donors (Lipinski definition) is 1. The lowest BCUT2D eigenvalue weighted by Crippen LogP contribution is -2.57. The number of nitrogens with one attached hydrogen (secondary N) is 1. The molecule has 0 aliphatic heterocycles. The predicted octanol–water partition coefficient (Wildman–Crippen LogP) is 5.85. The Hall–Kier alpha value is -3.01. The van der Waals surface area contributed by atoms with Crippen LogP contribution in [0.25, 0.3) is 5.70 Å². The quantitative estimate of drug-likeness (QED) is 0.635. The van der Waals surface area contributed by atoms with Gasteiger partial charge < -0.3 is 10.1 Å². The van der Waals surface area contributed by atoms with Gasteiger partial charge in [-0.3, -0.25) is 4.98 Å². The predicted molar refractivity (Wildman–Crippen MR) is 113 cm³/mol. The molecule has 0 bridgehead atoms. The van der Waals surface area contributed by atoms with Gasteiger partial charge in [-0.2, -0.15) is 18.4 Å². The van der Waals surface area contributed by atoms with Crippen molar-refractivity contribution in [3.8, 4) is 11.8 Å². The van der Waals surface area contributed by atoms with E-state index in [9.17, 15) is 13.2 Å². The van der Waals surface area contributed by atoms with Gasteiger partial charge >= 0.3 is 6.18 Å². The zero-order valence-corrected chi connectivity index (χ0v) is 17.6. The number of nitrogens with zero attached hydrogens (tertiary/aromatic N) is 2. The van der Waals surface area contributed by atoms with Crippen molar-refractivity contribution in [3.63, 3.8) is 0 Å². The summed E-state index contributed by atoms with van der Waals surface area (Å²) in [4.78, 5) is 4.26. The van der Waals surface area contributed by atoms with Crippen LogP contribution in [0.15, 0.2) is 48.3 Å². The molecule has 4 nitrogen and oxygen atoms in total. The summed E-state index contributed by atoms with van der Waals surface area (Å²) in [7, 11) is 0. The molecule has 1 heterocycles. The number of benzene rings is 1. The minimum atomic E-state index is -4.57. The summed E-state index contributed by atoms with van der Waals surface area (Å²) in [5, 5.41) is 12.7. The molecule has 3 aliphatic carbocycles. The maximum Gasteiger partial charge on any atom is 0.417 e. The standard InChI is InChI=1S/C25H24F3N3O/c26-25(27,28)22-9-20(7-6-17(22)14-29)32-21-12-24(13-21)10-19(11-24)31-23(16-3-1-4-16)18-5-2-8-30-15-18/h2,5-9,15,19,21,31H,1,3-4,10-13H2. The SMILES string of the molecule is N#Cc1ccc(OC2CC3(CC(NC(=C4CCC4)c4cccnc4)C3)C2)cc1C(F)(F)F. The van der Waals surface area contributed by atoms with Gasteiger partial charge in [0.25, 0.3) is 0 Å². The monoisotopic (exact) mass is 439 g/mol. The highest BCUT2D eigenvalue weighted by Crippen LogP contribution is 2.57. The first-order valence-corrected chi connectivity index (χ1v) is 11.0. The molecule has 5 rings (SSSR count). The molecular weight excluding hydrogens is 415 g/mol. The molecule has 0 unspecified atom stereocenters. The molecule has 1 spiro atoms. The highest BCUT2D eigenvalue weighted by Gasteiger charge is 2.54. The van der Waals surface area contributed by atoms with Crippen molar-refractivity contribution in [1.29, 1.82) is 5.26 Å². The molecular formula is C25H24F3N3O. The minimum absolute atomic E-state index is 0.0762. The second-order valence-electron chi connectivity index (χ2n) is 9.29. The number of alkyl halides is 3. The molecule has 1 aromatic heterocycles. The van der Waals surface area contributed by atoms with E-state index >= 15 is 0 Å². The van der Waals surface area contributed by atoms with Gasteiger partial charge in [0.2, 0.25) is 0 Å². The number of halogens is 3. The summed E-state index contributed by atoms with van der Waals surface area (Å²) in [6, 6.07) is 9.64. The molecule has 1 N–H and O–H groups in total. The molecule has 0 radical (unpaired) electrons. The zero-order valence-electron chi connectivity index (χ0n) is 17.6. The third kappa shape index (κ3) is 3.94. The van der Waals surface area contributed by atoms with E-state index in [1.165, 1.54) is 29.8 Å². The Bertz CT molecular complexity index is 1070. The molecule has 2 aromatic rings. The van der Waals surface area contributed by atoms with Crippen molar-refractivity contribution in [2.24, 2.45) is 5.41 Å². The summed E-state index contributed by atoms with van der Waals surface area (Å²) in [6.45, 7) is 0. The van der Waals surface area contributed by atoms with E-state index in [4.69, 9.17) is 10.00 Å². The average molecular weight is 439 g/mol. The van der Waals surface area contributed by atoms with Crippen molar-refractivity contribution >= 4 is 5.70 Å². The smallest absolute Gasteiger partial charge is 0.417 e. The minimum Gasteiger partial charge on any atom is -0.490 e. The second-order valence-corrected chi connectivity index (χ2v) is 9.29. The van der Waals surface area contributed by atoms with E-state index in [1.807, 2.05) is 12.3 Å².